The summed E-state index contributed by atoms with van der Waals surface area (Å²) in [5, 5.41) is 9.49. The van der Waals surface area contributed by atoms with Crippen molar-refractivity contribution in [3.8, 4) is 16.9 Å². The predicted octanol–water partition coefficient (Wildman–Crippen LogP) is 3.33. The summed E-state index contributed by atoms with van der Waals surface area (Å²) in [6.45, 7) is 0.558. The number of benzene rings is 2. The van der Waals surface area contributed by atoms with Gasteiger partial charge in [-0.05, 0) is 36.6 Å². The summed E-state index contributed by atoms with van der Waals surface area (Å²) < 4.78 is 5.22. The van der Waals surface area contributed by atoms with Gasteiger partial charge < -0.3 is 15.0 Å². The van der Waals surface area contributed by atoms with Gasteiger partial charge in [-0.1, -0.05) is 30.3 Å². The molecule has 2 heterocycles. The van der Waals surface area contributed by atoms with E-state index in [0.717, 1.165) is 23.3 Å². The van der Waals surface area contributed by atoms with E-state index in [2.05, 4.69) is 15.5 Å². The number of anilines is 1. The first-order chi connectivity index (χ1) is 14.2. The molecule has 29 heavy (non-hydrogen) atoms. The van der Waals surface area contributed by atoms with Gasteiger partial charge in [0.05, 0.1) is 18.9 Å². The number of methoxy groups -OCH3 is 1. The zero-order chi connectivity index (χ0) is 20.2. The number of carbonyl (C=O) groups is 2. The van der Waals surface area contributed by atoms with E-state index in [0.29, 0.717) is 24.2 Å². The smallest absolute Gasteiger partial charge is 0.257 e. The van der Waals surface area contributed by atoms with Crippen LogP contribution in [0.5, 0.6) is 5.75 Å². The molecule has 0 unspecified atom stereocenters. The summed E-state index contributed by atoms with van der Waals surface area (Å²) in [7, 11) is 1.63. The molecule has 148 valence electrons. The standard InChI is InChI=1S/C22H22N4O3/c1-29-17-10-8-15(9-11-17)18-5-2-3-6-19(18)25-21(27)20-7-4-12-26(20)22(28)16-13-23-24-14-16/h2-3,5-6,8-11,13-14,20H,4,7,12H2,1H3,(H,23,24)(H,25,27)/t20-/m0/s1. The number of H-pyrrole nitrogens is 1. The Labute approximate surface area is 168 Å². The Balaban J connectivity index is 1.54. The number of nitrogens with one attached hydrogen (secondary N) is 2. The first-order valence-corrected chi connectivity index (χ1v) is 9.51. The van der Waals surface area contributed by atoms with Crippen LogP contribution in [-0.4, -0.2) is 46.6 Å². The molecule has 0 radical (unpaired) electrons. The molecule has 0 saturated carbocycles. The molecule has 0 bridgehead atoms. The number of para-hydroxylation sites is 1. The highest BCUT2D eigenvalue weighted by molar-refractivity contribution is 6.03. The lowest BCUT2D eigenvalue weighted by atomic mass is 10.0. The lowest BCUT2D eigenvalue weighted by Crippen LogP contribution is -2.43. The number of rotatable bonds is 5. The number of aromatic nitrogens is 2. The molecule has 1 aliphatic rings. The SMILES string of the molecule is COc1ccc(-c2ccccc2NC(=O)[C@@H]2CCCN2C(=O)c2cn[nH]c2)cc1. The van der Waals surface area contributed by atoms with Crippen molar-refractivity contribution in [1.82, 2.24) is 15.1 Å². The second-order valence-corrected chi connectivity index (χ2v) is 6.91. The minimum atomic E-state index is -0.499. The highest BCUT2D eigenvalue weighted by Gasteiger charge is 2.35. The van der Waals surface area contributed by atoms with Crippen LogP contribution in [0.1, 0.15) is 23.2 Å². The molecule has 0 aliphatic carbocycles. The van der Waals surface area contributed by atoms with E-state index in [4.69, 9.17) is 4.74 Å². The molecule has 7 heteroatoms. The molecule has 7 nitrogen and oxygen atoms in total. The molecule has 1 aromatic heterocycles. The number of amides is 2. The first kappa shape index (κ1) is 18.7. The van der Waals surface area contributed by atoms with Crippen molar-refractivity contribution in [3.63, 3.8) is 0 Å². The van der Waals surface area contributed by atoms with Gasteiger partial charge in [-0.2, -0.15) is 5.10 Å². The molecular weight excluding hydrogens is 368 g/mol. The first-order valence-electron chi connectivity index (χ1n) is 9.51. The number of carbonyl (C=O) groups excluding carboxylic acids is 2. The normalized spacial score (nSPS) is 15.9. The van der Waals surface area contributed by atoms with Crippen molar-refractivity contribution in [2.75, 3.05) is 19.0 Å². The Morgan fingerprint density at radius 3 is 2.69 bits per heavy atom. The highest BCUT2D eigenvalue weighted by Crippen LogP contribution is 2.30. The second-order valence-electron chi connectivity index (χ2n) is 6.91. The van der Waals surface area contributed by atoms with Crippen LogP contribution in [0.4, 0.5) is 5.69 Å². The summed E-state index contributed by atoms with van der Waals surface area (Å²) in [6, 6.07) is 14.8. The van der Waals surface area contributed by atoms with E-state index in [-0.39, 0.29) is 11.8 Å². The Hall–Kier alpha value is -3.61. The van der Waals surface area contributed by atoms with Crippen LogP contribution in [-0.2, 0) is 4.79 Å². The van der Waals surface area contributed by atoms with Crippen molar-refractivity contribution in [1.29, 1.82) is 0 Å². The molecule has 1 saturated heterocycles. The largest absolute Gasteiger partial charge is 0.497 e. The van der Waals surface area contributed by atoms with Gasteiger partial charge in [0.25, 0.3) is 5.91 Å². The van der Waals surface area contributed by atoms with Crippen molar-refractivity contribution in [3.05, 3.63) is 66.5 Å². The van der Waals surface area contributed by atoms with Gasteiger partial charge >= 0.3 is 0 Å². The zero-order valence-corrected chi connectivity index (χ0v) is 16.1. The van der Waals surface area contributed by atoms with E-state index >= 15 is 0 Å². The number of nitrogens with zero attached hydrogens (tertiary/aromatic N) is 2. The maximum Gasteiger partial charge on any atom is 0.257 e. The van der Waals surface area contributed by atoms with E-state index in [1.165, 1.54) is 6.20 Å². The van der Waals surface area contributed by atoms with E-state index in [1.807, 2.05) is 48.5 Å². The quantitative estimate of drug-likeness (QED) is 0.700. The monoisotopic (exact) mass is 390 g/mol. The van der Waals surface area contributed by atoms with Crippen LogP contribution in [0.3, 0.4) is 0 Å². The Morgan fingerprint density at radius 1 is 1.17 bits per heavy atom. The summed E-state index contributed by atoms with van der Waals surface area (Å²) in [6.07, 6.45) is 4.46. The number of hydrogen-bond donors (Lipinski definition) is 2. The number of ether oxygens (including phenoxy) is 1. The van der Waals surface area contributed by atoms with Crippen LogP contribution in [0.2, 0.25) is 0 Å². The third kappa shape index (κ3) is 3.85. The van der Waals surface area contributed by atoms with Gasteiger partial charge in [-0.3, -0.25) is 14.7 Å². The summed E-state index contributed by atoms with van der Waals surface area (Å²) in [4.78, 5) is 27.4. The van der Waals surface area contributed by atoms with Gasteiger partial charge in [-0.25, -0.2) is 0 Å². The number of likely N-dealkylation sites (tertiary alicyclic amines) is 1. The lowest BCUT2D eigenvalue weighted by molar-refractivity contribution is -0.119. The zero-order valence-electron chi connectivity index (χ0n) is 16.1. The van der Waals surface area contributed by atoms with Gasteiger partial charge in [0.1, 0.15) is 11.8 Å². The molecule has 2 aromatic carbocycles. The molecule has 0 spiro atoms. The van der Waals surface area contributed by atoms with Crippen LogP contribution in [0.25, 0.3) is 11.1 Å². The van der Waals surface area contributed by atoms with Crippen molar-refractivity contribution < 1.29 is 14.3 Å². The molecule has 1 atom stereocenters. The average molecular weight is 390 g/mol. The molecule has 2 amide bonds. The molecule has 3 aromatic rings. The number of hydrogen-bond acceptors (Lipinski definition) is 4. The summed E-state index contributed by atoms with van der Waals surface area (Å²) in [5.41, 5.74) is 3.06. The maximum absolute atomic E-state index is 13.0. The van der Waals surface area contributed by atoms with Crippen LogP contribution in [0, 0.1) is 0 Å². The van der Waals surface area contributed by atoms with Crippen LogP contribution in [0.15, 0.2) is 60.9 Å². The topological polar surface area (TPSA) is 87.3 Å². The summed E-state index contributed by atoms with van der Waals surface area (Å²) >= 11 is 0. The minimum Gasteiger partial charge on any atom is -0.497 e. The van der Waals surface area contributed by atoms with Crippen LogP contribution < -0.4 is 10.1 Å². The predicted molar refractivity (Wildman–Crippen MR) is 110 cm³/mol. The lowest BCUT2D eigenvalue weighted by Gasteiger charge is -2.24. The average Bonchev–Trinajstić information content (AvgIpc) is 3.46. The van der Waals surface area contributed by atoms with Crippen LogP contribution >= 0.6 is 0 Å². The fourth-order valence-corrected chi connectivity index (χ4v) is 3.65. The Kier molecular flexibility index (Phi) is 5.29. The minimum absolute atomic E-state index is 0.180. The van der Waals surface area contributed by atoms with Crippen molar-refractivity contribution >= 4 is 17.5 Å². The molecule has 4 rings (SSSR count). The van der Waals surface area contributed by atoms with Gasteiger partial charge in [0.2, 0.25) is 5.91 Å². The van der Waals surface area contributed by atoms with E-state index in [9.17, 15) is 9.59 Å². The molecule has 1 fully saturated rings. The fraction of sp³-hybridized carbons (Fsp3) is 0.227. The molecule has 1 aliphatic heterocycles. The molecule has 2 N–H and O–H groups in total. The highest BCUT2D eigenvalue weighted by atomic mass is 16.5. The number of aromatic amines is 1. The fourth-order valence-electron chi connectivity index (χ4n) is 3.65. The maximum atomic E-state index is 13.0. The third-order valence-corrected chi connectivity index (χ3v) is 5.15. The van der Waals surface area contributed by atoms with E-state index < -0.39 is 6.04 Å². The van der Waals surface area contributed by atoms with E-state index in [1.54, 1.807) is 18.2 Å². The van der Waals surface area contributed by atoms with Gasteiger partial charge in [0.15, 0.2) is 0 Å². The van der Waals surface area contributed by atoms with Crippen molar-refractivity contribution in [2.45, 2.75) is 18.9 Å². The Bertz CT molecular complexity index is 999. The van der Waals surface area contributed by atoms with Gasteiger partial charge in [0, 0.05) is 24.0 Å². The second kappa shape index (κ2) is 8.18. The molecular formula is C22H22N4O3. The van der Waals surface area contributed by atoms with Crippen molar-refractivity contribution in [2.24, 2.45) is 0 Å². The Morgan fingerprint density at radius 2 is 1.97 bits per heavy atom. The summed E-state index contributed by atoms with van der Waals surface area (Å²) in [5.74, 6) is 0.412. The van der Waals surface area contributed by atoms with Gasteiger partial charge in [-0.15, -0.1) is 0 Å². The third-order valence-electron chi connectivity index (χ3n) is 5.15.